The number of carboxylic acids is 2. The molecule has 0 aliphatic rings. The third kappa shape index (κ3) is 9.28. The van der Waals surface area contributed by atoms with Gasteiger partial charge in [-0.2, -0.15) is 0 Å². The average Bonchev–Trinajstić information content (AvgIpc) is 3.56. The lowest BCUT2D eigenvalue weighted by atomic mass is 10.1. The first-order valence-electron chi connectivity index (χ1n) is 13.6. The summed E-state index contributed by atoms with van der Waals surface area (Å²) in [5, 5.41) is 16.8. The molecule has 0 amide bonds. The van der Waals surface area contributed by atoms with E-state index in [0.29, 0.717) is 35.7 Å². The molecule has 230 valence electrons. The minimum absolute atomic E-state index is 0.322. The van der Waals surface area contributed by atoms with E-state index in [1.54, 1.807) is 36.4 Å². The van der Waals surface area contributed by atoms with E-state index in [9.17, 15) is 9.59 Å². The molecule has 12 nitrogen and oxygen atoms in total. The van der Waals surface area contributed by atoms with Gasteiger partial charge in [0, 0.05) is 48.0 Å². The molecule has 0 radical (unpaired) electrons. The van der Waals surface area contributed by atoms with Gasteiger partial charge in [0.05, 0.1) is 11.1 Å². The fourth-order valence-corrected chi connectivity index (χ4v) is 4.24. The van der Waals surface area contributed by atoms with Crippen LogP contribution >= 0.6 is 0 Å². The zero-order valence-electron chi connectivity index (χ0n) is 24.3. The fraction of sp³-hybridized carbons (Fsp3) is 0.188. The number of nitrogens with two attached hydrogens (primary N) is 2. The number of rotatable bonds is 8. The van der Waals surface area contributed by atoms with Gasteiger partial charge in [-0.05, 0) is 97.7 Å². The first-order valence-corrected chi connectivity index (χ1v) is 13.6. The number of carboxylic acid groups (broad SMARTS) is 2. The molecule has 3 aromatic carbocycles. The van der Waals surface area contributed by atoms with Crippen molar-refractivity contribution in [3.8, 4) is 11.5 Å². The number of esters is 2. The van der Waals surface area contributed by atoms with Crippen LogP contribution in [0.5, 0.6) is 11.5 Å². The van der Waals surface area contributed by atoms with E-state index < -0.39 is 23.9 Å². The van der Waals surface area contributed by atoms with Crippen molar-refractivity contribution in [1.82, 2.24) is 9.97 Å². The van der Waals surface area contributed by atoms with Crippen LogP contribution in [0.3, 0.4) is 0 Å². The van der Waals surface area contributed by atoms with E-state index in [4.69, 9.17) is 40.7 Å². The zero-order valence-corrected chi connectivity index (χ0v) is 24.3. The monoisotopic (exact) mass is 602 g/mol. The number of ether oxygens (including phenoxy) is 2. The van der Waals surface area contributed by atoms with Crippen molar-refractivity contribution >= 4 is 45.7 Å². The number of nitrogens with one attached hydrogen (secondary N) is 2. The third-order valence-corrected chi connectivity index (χ3v) is 6.08. The molecule has 0 aliphatic carbocycles. The first kappa shape index (κ1) is 33.0. The maximum absolute atomic E-state index is 12.7. The molecule has 0 atom stereocenters. The van der Waals surface area contributed by atoms with Crippen LogP contribution in [-0.4, -0.2) is 57.1 Å². The highest BCUT2D eigenvalue weighted by molar-refractivity contribution is 5.96. The van der Waals surface area contributed by atoms with Crippen LogP contribution in [0.25, 0.3) is 21.8 Å². The van der Waals surface area contributed by atoms with Gasteiger partial charge in [0.1, 0.15) is 11.5 Å². The number of aliphatic carboxylic acids is 2. The standard InChI is InChI=1S/C28H26N4O4.2C2H4O2/c29-11-9-19-15-31-25-7-5-21(13-23(19)25)35-27(33)17-1-2-18(4-3-17)28(34)36-22-6-8-26-24(14-22)20(10-12-30)16-32-26;2*1-2(3)4/h1-8,13-16,31-32H,9-12,29-30H2;2*1H3,(H,3,4). The van der Waals surface area contributed by atoms with Gasteiger partial charge in [0.25, 0.3) is 11.9 Å². The number of hydrogen-bond donors (Lipinski definition) is 6. The summed E-state index contributed by atoms with van der Waals surface area (Å²) in [6.07, 6.45) is 5.28. The van der Waals surface area contributed by atoms with Crippen molar-refractivity contribution in [3.63, 3.8) is 0 Å². The smallest absolute Gasteiger partial charge is 0.343 e. The highest BCUT2D eigenvalue weighted by Gasteiger charge is 2.14. The van der Waals surface area contributed by atoms with Crippen LogP contribution in [0.1, 0.15) is 45.7 Å². The second-order valence-electron chi connectivity index (χ2n) is 9.51. The molecular formula is C32H34N4O8. The number of aromatic amines is 2. The minimum atomic E-state index is -0.833. The van der Waals surface area contributed by atoms with E-state index in [1.807, 2.05) is 36.7 Å². The van der Waals surface area contributed by atoms with Crippen molar-refractivity contribution in [3.05, 3.63) is 95.3 Å². The van der Waals surface area contributed by atoms with Gasteiger partial charge in [-0.15, -0.1) is 0 Å². The molecule has 0 saturated heterocycles. The summed E-state index contributed by atoms with van der Waals surface area (Å²) in [4.78, 5) is 49.7. The maximum atomic E-state index is 12.7. The minimum Gasteiger partial charge on any atom is -0.481 e. The molecule has 0 fully saturated rings. The molecule has 8 N–H and O–H groups in total. The summed E-state index contributed by atoms with van der Waals surface area (Å²) in [6.45, 7) is 3.23. The molecule has 0 bridgehead atoms. The molecule has 0 aliphatic heterocycles. The second kappa shape index (κ2) is 15.7. The summed E-state index contributed by atoms with van der Waals surface area (Å²) in [5.41, 5.74) is 16.0. The number of fused-ring (bicyclic) bond motifs is 2. The molecule has 0 saturated carbocycles. The van der Waals surface area contributed by atoms with Crippen LogP contribution in [0.2, 0.25) is 0 Å². The van der Waals surface area contributed by atoms with E-state index >= 15 is 0 Å². The van der Waals surface area contributed by atoms with Crippen LogP contribution in [0, 0.1) is 0 Å². The quantitative estimate of drug-likeness (QED) is 0.110. The maximum Gasteiger partial charge on any atom is 0.343 e. The van der Waals surface area contributed by atoms with Crippen LogP contribution in [-0.2, 0) is 22.4 Å². The van der Waals surface area contributed by atoms with Crippen molar-refractivity contribution < 1.29 is 38.9 Å². The summed E-state index contributed by atoms with van der Waals surface area (Å²) in [7, 11) is 0. The van der Waals surface area contributed by atoms with Crippen molar-refractivity contribution in [2.24, 2.45) is 11.5 Å². The molecule has 0 unspecified atom stereocenters. The van der Waals surface area contributed by atoms with Gasteiger partial charge in [-0.25, -0.2) is 9.59 Å². The van der Waals surface area contributed by atoms with E-state index in [2.05, 4.69) is 9.97 Å². The Morgan fingerprint density at radius 1 is 0.636 bits per heavy atom. The van der Waals surface area contributed by atoms with E-state index in [0.717, 1.165) is 59.6 Å². The molecule has 2 heterocycles. The Morgan fingerprint density at radius 3 is 1.30 bits per heavy atom. The van der Waals surface area contributed by atoms with Crippen molar-refractivity contribution in [1.29, 1.82) is 0 Å². The summed E-state index contributed by atoms with van der Waals surface area (Å²) in [6, 6.07) is 17.0. The second-order valence-corrected chi connectivity index (χ2v) is 9.51. The van der Waals surface area contributed by atoms with Gasteiger partial charge in [-0.1, -0.05) is 0 Å². The van der Waals surface area contributed by atoms with Gasteiger partial charge in [-0.3, -0.25) is 9.59 Å². The number of hydrogen-bond acceptors (Lipinski definition) is 8. The Labute approximate surface area is 252 Å². The lowest BCUT2D eigenvalue weighted by Gasteiger charge is -2.07. The van der Waals surface area contributed by atoms with Crippen molar-refractivity contribution in [2.45, 2.75) is 26.7 Å². The fourth-order valence-electron chi connectivity index (χ4n) is 4.24. The first-order chi connectivity index (χ1) is 21.0. The van der Waals surface area contributed by atoms with Gasteiger partial charge >= 0.3 is 11.9 Å². The topological polar surface area (TPSA) is 211 Å². The normalized spacial score (nSPS) is 10.3. The number of aromatic nitrogens is 2. The average molecular weight is 603 g/mol. The molecular weight excluding hydrogens is 568 g/mol. The lowest BCUT2D eigenvalue weighted by molar-refractivity contribution is -0.135. The Kier molecular flexibility index (Phi) is 11.8. The third-order valence-electron chi connectivity index (χ3n) is 6.08. The number of benzene rings is 3. The van der Waals surface area contributed by atoms with Crippen LogP contribution in [0.4, 0.5) is 0 Å². The van der Waals surface area contributed by atoms with Crippen molar-refractivity contribution in [2.75, 3.05) is 13.1 Å². The molecule has 2 aromatic heterocycles. The Balaban J connectivity index is 0.000000592. The van der Waals surface area contributed by atoms with E-state index in [1.165, 1.54) is 0 Å². The van der Waals surface area contributed by atoms with Gasteiger partial charge in [0.2, 0.25) is 0 Å². The Hall–Kier alpha value is -5.46. The molecule has 5 rings (SSSR count). The summed E-state index contributed by atoms with van der Waals surface area (Å²) >= 11 is 0. The van der Waals surface area contributed by atoms with E-state index in [-0.39, 0.29) is 0 Å². The number of H-pyrrole nitrogens is 2. The number of carbonyl (C=O) groups is 4. The largest absolute Gasteiger partial charge is 0.481 e. The molecule has 0 spiro atoms. The Morgan fingerprint density at radius 2 is 0.977 bits per heavy atom. The molecule has 44 heavy (non-hydrogen) atoms. The predicted octanol–water partition coefficient (Wildman–Crippen LogP) is 4.27. The molecule has 12 heteroatoms. The van der Waals surface area contributed by atoms with Crippen LogP contribution in [0.15, 0.2) is 73.1 Å². The zero-order chi connectivity index (χ0) is 32.2. The number of carbonyl (C=O) groups excluding carboxylic acids is 2. The Bertz CT molecular complexity index is 1620. The SMILES string of the molecule is CC(=O)O.CC(=O)O.NCCc1c[nH]c2ccc(OC(=O)c3ccc(C(=O)Oc4ccc5[nH]cc(CCN)c5c4)cc3)cc12. The lowest BCUT2D eigenvalue weighted by Crippen LogP contribution is -2.11. The summed E-state index contributed by atoms with van der Waals surface area (Å²) < 4.78 is 11.1. The highest BCUT2D eigenvalue weighted by atomic mass is 16.5. The van der Waals surface area contributed by atoms with Gasteiger partial charge in [0.15, 0.2) is 0 Å². The van der Waals surface area contributed by atoms with Gasteiger partial charge < -0.3 is 41.1 Å². The highest BCUT2D eigenvalue weighted by Crippen LogP contribution is 2.26. The predicted molar refractivity (Wildman–Crippen MR) is 165 cm³/mol. The summed E-state index contributed by atoms with van der Waals surface area (Å²) in [5.74, 6) is -1.84. The van der Waals surface area contributed by atoms with Crippen LogP contribution < -0.4 is 20.9 Å². The molecule has 5 aromatic rings.